The predicted molar refractivity (Wildman–Crippen MR) is 141 cm³/mol. The Hall–Kier alpha value is -4.39. The summed E-state index contributed by atoms with van der Waals surface area (Å²) in [6.07, 6.45) is -2.00. The highest BCUT2D eigenvalue weighted by Crippen LogP contribution is 2.33. The SMILES string of the molecule is O=C(Nc1ccccc1)OC[C@@H]1CN(c2ccc(N3CCN(c4ccc([N+](=O)[O-])s4)CC3)c(F)c2)C(=O)O1. The van der Waals surface area contributed by atoms with Crippen molar-refractivity contribution in [2.24, 2.45) is 0 Å². The van der Waals surface area contributed by atoms with Gasteiger partial charge in [0.2, 0.25) is 0 Å². The van der Waals surface area contributed by atoms with Crippen LogP contribution in [0.2, 0.25) is 0 Å². The first-order valence-corrected chi connectivity index (χ1v) is 12.7. The van der Waals surface area contributed by atoms with E-state index in [1.54, 1.807) is 42.5 Å². The maximum atomic E-state index is 15.1. The highest BCUT2D eigenvalue weighted by Gasteiger charge is 2.34. The zero-order valence-corrected chi connectivity index (χ0v) is 20.9. The first kappa shape index (κ1) is 25.3. The Labute approximate surface area is 221 Å². The Morgan fingerprint density at radius 3 is 2.53 bits per heavy atom. The second-order valence-corrected chi connectivity index (χ2v) is 9.73. The van der Waals surface area contributed by atoms with Crippen LogP contribution in [0.25, 0.3) is 0 Å². The first-order chi connectivity index (χ1) is 18.4. The van der Waals surface area contributed by atoms with Gasteiger partial charge in [-0.15, -0.1) is 0 Å². The number of nitro groups is 1. The van der Waals surface area contributed by atoms with Crippen LogP contribution in [0.1, 0.15) is 0 Å². The number of amides is 2. The number of hydrogen-bond donors (Lipinski definition) is 1. The number of piperazine rings is 1. The molecule has 1 atom stereocenters. The normalized spacial score (nSPS) is 17.3. The summed E-state index contributed by atoms with van der Waals surface area (Å²) >= 11 is 1.12. The van der Waals surface area contributed by atoms with Gasteiger partial charge in [-0.2, -0.15) is 0 Å². The van der Waals surface area contributed by atoms with E-state index in [1.165, 1.54) is 17.0 Å². The summed E-state index contributed by atoms with van der Waals surface area (Å²) in [5.74, 6) is -0.475. The molecule has 0 saturated carbocycles. The molecule has 1 aromatic heterocycles. The Kier molecular flexibility index (Phi) is 7.26. The maximum absolute atomic E-state index is 15.1. The fraction of sp³-hybridized carbons (Fsp3) is 0.280. The number of thiophene rings is 1. The van der Waals surface area contributed by atoms with Gasteiger partial charge in [0, 0.05) is 37.9 Å². The standard InChI is InChI=1S/C25H24FN5O6S/c26-20-14-18(30-15-19(37-25(30)33)16-36-24(32)27-17-4-2-1-3-5-17)6-7-21(20)28-10-12-29(13-11-28)22-8-9-23(38-22)31(34)35/h1-9,14,19H,10-13,15-16H2,(H,27,32)/t19-/m0/s1. The summed E-state index contributed by atoms with van der Waals surface area (Å²) in [5, 5.41) is 14.4. The highest BCUT2D eigenvalue weighted by molar-refractivity contribution is 7.19. The Balaban J connectivity index is 1.14. The third-order valence-corrected chi connectivity index (χ3v) is 7.32. The lowest BCUT2D eigenvalue weighted by Gasteiger charge is -2.36. The largest absolute Gasteiger partial charge is 0.445 e. The van der Waals surface area contributed by atoms with E-state index in [4.69, 9.17) is 9.47 Å². The smallest absolute Gasteiger partial charge is 0.414 e. The van der Waals surface area contributed by atoms with Gasteiger partial charge in [0.25, 0.3) is 0 Å². The van der Waals surface area contributed by atoms with Crippen molar-refractivity contribution in [3.8, 4) is 0 Å². The molecule has 0 spiro atoms. The summed E-state index contributed by atoms with van der Waals surface area (Å²) in [4.78, 5) is 40.2. The fourth-order valence-electron chi connectivity index (χ4n) is 4.34. The highest BCUT2D eigenvalue weighted by atomic mass is 32.1. The Bertz CT molecular complexity index is 1330. The lowest BCUT2D eigenvalue weighted by molar-refractivity contribution is -0.380. The van der Waals surface area contributed by atoms with E-state index in [-0.39, 0.29) is 18.2 Å². The fourth-order valence-corrected chi connectivity index (χ4v) is 5.21. The minimum atomic E-state index is -0.687. The van der Waals surface area contributed by atoms with Gasteiger partial charge in [-0.05, 0) is 47.7 Å². The number of nitrogens with one attached hydrogen (secondary N) is 1. The number of ether oxygens (including phenoxy) is 2. The number of para-hydroxylation sites is 1. The van der Waals surface area contributed by atoms with Gasteiger partial charge < -0.3 is 19.3 Å². The van der Waals surface area contributed by atoms with Crippen molar-refractivity contribution in [2.45, 2.75) is 6.10 Å². The van der Waals surface area contributed by atoms with Crippen molar-refractivity contribution >= 4 is 50.6 Å². The van der Waals surface area contributed by atoms with E-state index in [9.17, 15) is 19.7 Å². The van der Waals surface area contributed by atoms with Crippen LogP contribution in [0.3, 0.4) is 0 Å². The van der Waals surface area contributed by atoms with Crippen LogP contribution in [-0.2, 0) is 9.47 Å². The third kappa shape index (κ3) is 5.62. The predicted octanol–water partition coefficient (Wildman–Crippen LogP) is 4.70. The van der Waals surface area contributed by atoms with Gasteiger partial charge >= 0.3 is 17.2 Å². The van der Waals surface area contributed by atoms with Gasteiger partial charge in [0.15, 0.2) is 6.10 Å². The molecular weight excluding hydrogens is 517 g/mol. The molecule has 2 aromatic carbocycles. The third-order valence-electron chi connectivity index (χ3n) is 6.23. The lowest BCUT2D eigenvalue weighted by Crippen LogP contribution is -2.46. The molecule has 2 aliphatic heterocycles. The van der Waals surface area contributed by atoms with E-state index >= 15 is 4.39 Å². The molecule has 2 aliphatic rings. The molecule has 2 fully saturated rings. The van der Waals surface area contributed by atoms with Crippen molar-refractivity contribution in [1.82, 2.24) is 0 Å². The number of hydrogen-bond acceptors (Lipinski definition) is 9. The number of carbonyl (C=O) groups is 2. The number of carbonyl (C=O) groups excluding carboxylic acids is 2. The molecule has 5 rings (SSSR count). The molecule has 1 N–H and O–H groups in total. The van der Waals surface area contributed by atoms with Crippen LogP contribution < -0.4 is 20.0 Å². The molecule has 0 aliphatic carbocycles. The average Bonchev–Trinajstić information content (AvgIpc) is 3.56. The van der Waals surface area contributed by atoms with Gasteiger partial charge in [-0.1, -0.05) is 18.2 Å². The van der Waals surface area contributed by atoms with Crippen molar-refractivity contribution < 1.29 is 28.4 Å². The summed E-state index contributed by atoms with van der Waals surface area (Å²) in [6, 6.07) is 16.6. The molecule has 3 heterocycles. The molecule has 38 heavy (non-hydrogen) atoms. The van der Waals surface area contributed by atoms with Gasteiger partial charge in [-0.25, -0.2) is 14.0 Å². The molecule has 11 nitrogen and oxygen atoms in total. The zero-order valence-electron chi connectivity index (χ0n) is 20.1. The summed E-state index contributed by atoms with van der Waals surface area (Å²) in [5.41, 5.74) is 1.34. The van der Waals surface area contributed by atoms with Crippen LogP contribution in [0.15, 0.2) is 60.7 Å². The van der Waals surface area contributed by atoms with Crippen molar-refractivity contribution in [3.63, 3.8) is 0 Å². The summed E-state index contributed by atoms with van der Waals surface area (Å²) in [7, 11) is 0. The Morgan fingerprint density at radius 1 is 1.11 bits per heavy atom. The molecule has 13 heteroatoms. The number of halogens is 1. The quantitative estimate of drug-likeness (QED) is 0.338. The number of nitrogens with zero attached hydrogens (tertiary/aromatic N) is 4. The molecule has 0 radical (unpaired) electrons. The average molecular weight is 542 g/mol. The van der Waals surface area contributed by atoms with Crippen LogP contribution in [0.4, 0.5) is 41.0 Å². The van der Waals surface area contributed by atoms with Gasteiger partial charge in [0.1, 0.15) is 12.4 Å². The van der Waals surface area contributed by atoms with E-state index in [0.29, 0.717) is 43.2 Å². The molecule has 198 valence electrons. The van der Waals surface area contributed by atoms with E-state index in [2.05, 4.69) is 5.32 Å². The number of rotatable bonds is 7. The minimum absolute atomic E-state index is 0.0914. The van der Waals surface area contributed by atoms with Gasteiger partial charge in [-0.3, -0.25) is 20.3 Å². The van der Waals surface area contributed by atoms with Gasteiger partial charge in [0.05, 0.1) is 27.8 Å². The van der Waals surface area contributed by atoms with Crippen molar-refractivity contribution in [3.05, 3.63) is 76.6 Å². The topological polar surface area (TPSA) is 117 Å². The molecule has 0 unspecified atom stereocenters. The second-order valence-electron chi connectivity index (χ2n) is 8.68. The molecule has 2 saturated heterocycles. The van der Waals surface area contributed by atoms with Crippen molar-refractivity contribution in [2.75, 3.05) is 59.3 Å². The second kappa shape index (κ2) is 10.9. The van der Waals surface area contributed by atoms with E-state index in [1.807, 2.05) is 15.9 Å². The van der Waals surface area contributed by atoms with Crippen LogP contribution in [0, 0.1) is 15.9 Å². The number of anilines is 4. The zero-order chi connectivity index (χ0) is 26.6. The summed E-state index contributed by atoms with van der Waals surface area (Å²) in [6.45, 7) is 2.24. The Morgan fingerprint density at radius 2 is 1.84 bits per heavy atom. The molecule has 0 bridgehead atoms. The van der Waals surface area contributed by atoms with Crippen molar-refractivity contribution in [1.29, 1.82) is 0 Å². The number of benzene rings is 2. The lowest BCUT2D eigenvalue weighted by atomic mass is 10.2. The first-order valence-electron chi connectivity index (χ1n) is 11.9. The van der Waals surface area contributed by atoms with Crippen LogP contribution in [-0.4, -0.2) is 62.5 Å². The summed E-state index contributed by atoms with van der Waals surface area (Å²) < 4.78 is 25.6. The minimum Gasteiger partial charge on any atom is -0.445 e. The molecular formula is C25H24FN5O6S. The number of cyclic esters (lactones) is 1. The van der Waals surface area contributed by atoms with E-state index in [0.717, 1.165) is 16.3 Å². The molecule has 3 aromatic rings. The maximum Gasteiger partial charge on any atom is 0.414 e. The monoisotopic (exact) mass is 541 g/mol. The molecule has 2 amide bonds. The van der Waals surface area contributed by atoms with Crippen LogP contribution >= 0.6 is 11.3 Å². The van der Waals surface area contributed by atoms with E-state index < -0.39 is 29.0 Å². The van der Waals surface area contributed by atoms with Crippen LogP contribution in [0.5, 0.6) is 0 Å².